The predicted molar refractivity (Wildman–Crippen MR) is 72.6 cm³/mol. The maximum atomic E-state index is 5.62. The van der Waals surface area contributed by atoms with E-state index >= 15 is 0 Å². The smallest absolute Gasteiger partial charge is 0.0953 e. The molecule has 2 rings (SSSR count). The fraction of sp³-hybridized carbons (Fsp3) is 0.462. The topological polar surface area (TPSA) is 43.8 Å². The largest absolute Gasteiger partial charge is 0.330 e. The fourth-order valence-electron chi connectivity index (χ4n) is 2.24. The average Bonchev–Trinajstić information content (AvgIpc) is 2.85. The van der Waals surface area contributed by atoms with Gasteiger partial charge in [-0.2, -0.15) is 0 Å². The van der Waals surface area contributed by atoms with Gasteiger partial charge < -0.3 is 10.3 Å². The van der Waals surface area contributed by atoms with Crippen molar-refractivity contribution in [2.24, 2.45) is 5.73 Å². The molecule has 1 unspecified atom stereocenters. The molecule has 2 aromatic heterocycles. The predicted octanol–water partition coefficient (Wildman–Crippen LogP) is 2.67. The normalized spacial score (nSPS) is 12.9. The number of imidazole rings is 1. The second kappa shape index (κ2) is 5.02. The highest BCUT2D eigenvalue weighted by Crippen LogP contribution is 2.29. The zero-order valence-corrected chi connectivity index (χ0v) is 11.4. The van der Waals surface area contributed by atoms with Crippen molar-refractivity contribution in [2.75, 3.05) is 6.54 Å². The van der Waals surface area contributed by atoms with Crippen molar-refractivity contribution in [3.8, 4) is 0 Å². The van der Waals surface area contributed by atoms with Crippen LogP contribution in [0.15, 0.2) is 18.6 Å². The lowest BCUT2D eigenvalue weighted by Crippen LogP contribution is -2.12. The minimum absolute atomic E-state index is 0.337. The zero-order chi connectivity index (χ0) is 12.4. The second-order valence-corrected chi connectivity index (χ2v) is 5.84. The second-order valence-electron chi connectivity index (χ2n) is 4.38. The molecule has 3 nitrogen and oxygen atoms in total. The number of aryl methyl sites for hydroxylation is 2. The fourth-order valence-corrected chi connectivity index (χ4v) is 3.25. The molecule has 0 amide bonds. The van der Waals surface area contributed by atoms with Gasteiger partial charge in [-0.25, -0.2) is 4.98 Å². The summed E-state index contributed by atoms with van der Waals surface area (Å²) < 4.78 is 2.22. The van der Waals surface area contributed by atoms with Crippen LogP contribution in [0, 0.1) is 13.8 Å². The van der Waals surface area contributed by atoms with Crippen molar-refractivity contribution in [1.82, 2.24) is 9.55 Å². The molecule has 0 aliphatic carbocycles. The summed E-state index contributed by atoms with van der Waals surface area (Å²) in [5.74, 6) is 0. The first-order valence-corrected chi connectivity index (χ1v) is 6.72. The van der Waals surface area contributed by atoms with Crippen molar-refractivity contribution in [2.45, 2.75) is 33.2 Å². The van der Waals surface area contributed by atoms with E-state index in [1.54, 1.807) is 0 Å². The summed E-state index contributed by atoms with van der Waals surface area (Å²) in [7, 11) is 0. The van der Waals surface area contributed by atoms with Gasteiger partial charge in [0.25, 0.3) is 0 Å². The highest BCUT2D eigenvalue weighted by Gasteiger charge is 2.15. The van der Waals surface area contributed by atoms with Crippen LogP contribution in [0.1, 0.15) is 34.0 Å². The van der Waals surface area contributed by atoms with Gasteiger partial charge in [-0.15, -0.1) is 11.3 Å². The van der Waals surface area contributed by atoms with E-state index in [1.165, 1.54) is 21.0 Å². The molecule has 17 heavy (non-hydrogen) atoms. The number of thiophene rings is 1. The summed E-state index contributed by atoms with van der Waals surface area (Å²) in [5, 5.41) is 0. The quantitative estimate of drug-likeness (QED) is 0.905. The van der Waals surface area contributed by atoms with Gasteiger partial charge in [0, 0.05) is 28.1 Å². The highest BCUT2D eigenvalue weighted by atomic mass is 32.1. The molecule has 2 aromatic rings. The van der Waals surface area contributed by atoms with Crippen LogP contribution in [0.2, 0.25) is 0 Å². The minimum Gasteiger partial charge on any atom is -0.330 e. The molecule has 0 aromatic carbocycles. The number of nitrogens with two attached hydrogens (primary N) is 1. The van der Waals surface area contributed by atoms with Crippen LogP contribution in [0.5, 0.6) is 0 Å². The maximum Gasteiger partial charge on any atom is 0.0953 e. The average molecular weight is 249 g/mol. The van der Waals surface area contributed by atoms with Crippen LogP contribution in [0.3, 0.4) is 0 Å². The van der Waals surface area contributed by atoms with Crippen LogP contribution >= 0.6 is 11.3 Å². The van der Waals surface area contributed by atoms with E-state index in [0.717, 1.165) is 6.42 Å². The van der Waals surface area contributed by atoms with Crippen molar-refractivity contribution in [1.29, 1.82) is 0 Å². The Morgan fingerprint density at radius 3 is 2.82 bits per heavy atom. The first kappa shape index (κ1) is 12.3. The molecular weight excluding hydrogens is 230 g/mol. The van der Waals surface area contributed by atoms with Gasteiger partial charge in [-0.05, 0) is 38.9 Å². The van der Waals surface area contributed by atoms with E-state index in [1.807, 2.05) is 23.9 Å². The van der Waals surface area contributed by atoms with Crippen molar-refractivity contribution >= 4 is 11.3 Å². The third kappa shape index (κ3) is 2.42. The summed E-state index contributed by atoms with van der Waals surface area (Å²) in [6.45, 7) is 7.22. The molecular formula is C13H19N3S. The Balaban J connectivity index is 2.33. The minimum atomic E-state index is 0.337. The number of nitrogens with zero attached hydrogens (tertiary/aromatic N) is 2. The molecule has 4 heteroatoms. The van der Waals surface area contributed by atoms with Crippen LogP contribution in [0.4, 0.5) is 0 Å². The van der Waals surface area contributed by atoms with E-state index in [-0.39, 0.29) is 0 Å². The highest BCUT2D eigenvalue weighted by molar-refractivity contribution is 7.12. The third-order valence-corrected chi connectivity index (χ3v) is 4.08. The lowest BCUT2D eigenvalue weighted by Gasteiger charge is -2.16. The van der Waals surface area contributed by atoms with Crippen molar-refractivity contribution in [3.63, 3.8) is 0 Å². The molecule has 2 heterocycles. The van der Waals surface area contributed by atoms with Crippen molar-refractivity contribution in [3.05, 3.63) is 39.6 Å². The Hall–Kier alpha value is -1.13. The number of aromatic nitrogens is 2. The molecule has 0 radical (unpaired) electrons. The third-order valence-electron chi connectivity index (χ3n) is 3.09. The monoisotopic (exact) mass is 249 g/mol. The molecule has 0 saturated carbocycles. The molecule has 0 saturated heterocycles. The van der Waals surface area contributed by atoms with Gasteiger partial charge in [0.1, 0.15) is 0 Å². The number of hydrogen-bond acceptors (Lipinski definition) is 3. The summed E-state index contributed by atoms with van der Waals surface area (Å²) in [4.78, 5) is 6.99. The Kier molecular flexibility index (Phi) is 3.64. The first-order valence-electron chi connectivity index (χ1n) is 5.91. The van der Waals surface area contributed by atoms with Crippen LogP contribution in [-0.2, 0) is 6.42 Å². The SMILES string of the molecule is Cc1cc(C(C)n2cncc2CCN)c(C)s1. The lowest BCUT2D eigenvalue weighted by atomic mass is 10.1. The van der Waals surface area contributed by atoms with E-state index in [9.17, 15) is 0 Å². The Labute approximate surface area is 106 Å². The van der Waals surface area contributed by atoms with E-state index in [2.05, 4.69) is 36.4 Å². The van der Waals surface area contributed by atoms with Crippen molar-refractivity contribution < 1.29 is 0 Å². The summed E-state index contributed by atoms with van der Waals surface area (Å²) >= 11 is 1.86. The number of hydrogen-bond donors (Lipinski definition) is 1. The van der Waals surface area contributed by atoms with Gasteiger partial charge in [0.2, 0.25) is 0 Å². The van der Waals surface area contributed by atoms with E-state index in [0.29, 0.717) is 12.6 Å². The summed E-state index contributed by atoms with van der Waals surface area (Å²) in [6, 6.07) is 2.61. The molecule has 0 aliphatic rings. The zero-order valence-electron chi connectivity index (χ0n) is 10.6. The molecule has 1 atom stereocenters. The molecule has 0 bridgehead atoms. The number of rotatable bonds is 4. The standard InChI is InChI=1S/C13H19N3S/c1-9-6-13(11(3)17-9)10(2)16-8-15-7-12(16)4-5-14/h6-8,10H,4-5,14H2,1-3H3. The van der Waals surface area contributed by atoms with Gasteiger partial charge in [-0.3, -0.25) is 0 Å². The van der Waals surface area contributed by atoms with Gasteiger partial charge in [0.05, 0.1) is 12.4 Å². The molecule has 0 aliphatic heterocycles. The summed E-state index contributed by atoms with van der Waals surface area (Å²) in [5.41, 5.74) is 8.23. The van der Waals surface area contributed by atoms with E-state index in [4.69, 9.17) is 5.73 Å². The van der Waals surface area contributed by atoms with Crippen LogP contribution < -0.4 is 5.73 Å². The van der Waals surface area contributed by atoms with Crippen LogP contribution in [-0.4, -0.2) is 16.1 Å². The molecule has 2 N–H and O–H groups in total. The molecule has 0 fully saturated rings. The van der Waals surface area contributed by atoms with Gasteiger partial charge in [-0.1, -0.05) is 0 Å². The lowest BCUT2D eigenvalue weighted by molar-refractivity contribution is 0.606. The van der Waals surface area contributed by atoms with Gasteiger partial charge >= 0.3 is 0 Å². The Morgan fingerprint density at radius 2 is 2.24 bits per heavy atom. The van der Waals surface area contributed by atoms with Gasteiger partial charge in [0.15, 0.2) is 0 Å². The van der Waals surface area contributed by atoms with Crippen LogP contribution in [0.25, 0.3) is 0 Å². The van der Waals surface area contributed by atoms with E-state index < -0.39 is 0 Å². The summed E-state index contributed by atoms with van der Waals surface area (Å²) in [6.07, 6.45) is 4.70. The first-order chi connectivity index (χ1) is 8.13. The maximum absolute atomic E-state index is 5.62. The molecule has 0 spiro atoms. The Bertz CT molecular complexity index is 498. The molecule has 92 valence electrons. The Morgan fingerprint density at radius 1 is 1.47 bits per heavy atom.